The van der Waals surface area contributed by atoms with Gasteiger partial charge in [-0.15, -0.1) is 0 Å². The molecule has 86 valence electrons. The van der Waals surface area contributed by atoms with E-state index in [4.69, 9.17) is 0 Å². The lowest BCUT2D eigenvalue weighted by Crippen LogP contribution is -2.06. The van der Waals surface area contributed by atoms with Gasteiger partial charge in [-0.3, -0.25) is 0 Å². The van der Waals surface area contributed by atoms with Crippen LogP contribution in [0.15, 0.2) is 36.4 Å². The Morgan fingerprint density at radius 1 is 1.25 bits per heavy atom. The van der Waals surface area contributed by atoms with Crippen molar-refractivity contribution < 1.29 is 0 Å². The van der Waals surface area contributed by atoms with Crippen molar-refractivity contribution in [3.05, 3.63) is 47.5 Å². The van der Waals surface area contributed by atoms with Crippen LogP contribution in [-0.4, -0.2) is 0 Å². The van der Waals surface area contributed by atoms with Crippen molar-refractivity contribution >= 4 is 0 Å². The number of rotatable bonds is 3. The molecule has 0 heteroatoms. The topological polar surface area (TPSA) is 0 Å². The molecule has 0 aromatic heterocycles. The molecule has 1 aromatic rings. The van der Waals surface area contributed by atoms with E-state index in [-0.39, 0.29) is 0 Å². The fraction of sp³-hybridized carbons (Fsp3) is 0.500. The molecule has 1 fully saturated rings. The molecule has 0 bridgehead atoms. The van der Waals surface area contributed by atoms with E-state index in [9.17, 15) is 0 Å². The summed E-state index contributed by atoms with van der Waals surface area (Å²) in [6.07, 6.45) is 5.08. The molecular formula is C16H22. The fourth-order valence-corrected chi connectivity index (χ4v) is 2.77. The molecule has 2 atom stereocenters. The first-order valence-electron chi connectivity index (χ1n) is 6.40. The normalized spacial score (nSPS) is 25.0. The molecule has 16 heavy (non-hydrogen) atoms. The zero-order valence-corrected chi connectivity index (χ0v) is 10.5. The Balaban J connectivity index is 1.92. The van der Waals surface area contributed by atoms with Gasteiger partial charge < -0.3 is 0 Å². The summed E-state index contributed by atoms with van der Waals surface area (Å²) < 4.78 is 0. The van der Waals surface area contributed by atoms with Gasteiger partial charge in [-0.05, 0) is 50.0 Å². The van der Waals surface area contributed by atoms with E-state index in [1.165, 1.54) is 42.4 Å². The number of hydrogen-bond acceptors (Lipinski definition) is 0. The van der Waals surface area contributed by atoms with Crippen LogP contribution in [0.4, 0.5) is 0 Å². The molecule has 0 amide bonds. The average Bonchev–Trinajstić information content (AvgIpc) is 2.59. The van der Waals surface area contributed by atoms with Crippen LogP contribution in [0.25, 0.3) is 0 Å². The highest BCUT2D eigenvalue weighted by molar-refractivity contribution is 5.22. The van der Waals surface area contributed by atoms with Crippen LogP contribution in [0.5, 0.6) is 0 Å². The predicted octanol–water partition coefficient (Wildman–Crippen LogP) is 4.53. The van der Waals surface area contributed by atoms with Gasteiger partial charge in [0.2, 0.25) is 0 Å². The number of benzene rings is 1. The third kappa shape index (κ3) is 2.55. The maximum atomic E-state index is 4.21. The van der Waals surface area contributed by atoms with E-state index in [0.717, 1.165) is 11.8 Å². The third-order valence-electron chi connectivity index (χ3n) is 4.00. The highest BCUT2D eigenvalue weighted by atomic mass is 14.3. The Morgan fingerprint density at radius 2 is 1.94 bits per heavy atom. The SMILES string of the molecule is C=C1CCC(C)[C@H]1CCc1ccc(C)cc1. The first-order valence-corrected chi connectivity index (χ1v) is 6.40. The summed E-state index contributed by atoms with van der Waals surface area (Å²) in [4.78, 5) is 0. The van der Waals surface area contributed by atoms with Crippen LogP contribution >= 0.6 is 0 Å². The smallest absolute Gasteiger partial charge is 0.0177 e. The highest BCUT2D eigenvalue weighted by Gasteiger charge is 2.25. The highest BCUT2D eigenvalue weighted by Crippen LogP contribution is 2.37. The summed E-state index contributed by atoms with van der Waals surface area (Å²) in [5.41, 5.74) is 4.31. The van der Waals surface area contributed by atoms with Crippen molar-refractivity contribution in [2.75, 3.05) is 0 Å². The van der Waals surface area contributed by atoms with Gasteiger partial charge in [0.15, 0.2) is 0 Å². The van der Waals surface area contributed by atoms with Crippen LogP contribution in [0, 0.1) is 18.8 Å². The van der Waals surface area contributed by atoms with Gasteiger partial charge in [-0.1, -0.05) is 48.9 Å². The van der Waals surface area contributed by atoms with Crippen molar-refractivity contribution in [3.63, 3.8) is 0 Å². The number of allylic oxidation sites excluding steroid dienone is 1. The summed E-state index contributed by atoms with van der Waals surface area (Å²) in [5.74, 6) is 1.61. The van der Waals surface area contributed by atoms with E-state index in [0.29, 0.717) is 0 Å². The lowest BCUT2D eigenvalue weighted by Gasteiger charge is -2.16. The van der Waals surface area contributed by atoms with Gasteiger partial charge >= 0.3 is 0 Å². The van der Waals surface area contributed by atoms with Crippen LogP contribution in [-0.2, 0) is 6.42 Å². The molecule has 0 N–H and O–H groups in total. The molecule has 1 aliphatic rings. The Hall–Kier alpha value is -1.04. The number of hydrogen-bond donors (Lipinski definition) is 0. The molecule has 1 saturated carbocycles. The molecule has 0 saturated heterocycles. The van der Waals surface area contributed by atoms with E-state index < -0.39 is 0 Å². The molecule has 0 aliphatic heterocycles. The van der Waals surface area contributed by atoms with E-state index >= 15 is 0 Å². The maximum absolute atomic E-state index is 4.21. The van der Waals surface area contributed by atoms with Gasteiger partial charge in [0.1, 0.15) is 0 Å². The van der Waals surface area contributed by atoms with Crippen LogP contribution in [0.2, 0.25) is 0 Å². The van der Waals surface area contributed by atoms with Crippen molar-refractivity contribution in [2.24, 2.45) is 11.8 Å². The van der Waals surface area contributed by atoms with Crippen molar-refractivity contribution in [2.45, 2.75) is 39.5 Å². The van der Waals surface area contributed by atoms with Gasteiger partial charge in [0.25, 0.3) is 0 Å². The zero-order chi connectivity index (χ0) is 11.5. The summed E-state index contributed by atoms with van der Waals surface area (Å²) in [6, 6.07) is 8.94. The minimum atomic E-state index is 0.765. The Bertz CT molecular complexity index is 358. The van der Waals surface area contributed by atoms with Crippen molar-refractivity contribution in [1.29, 1.82) is 0 Å². The third-order valence-corrected chi connectivity index (χ3v) is 4.00. The second-order valence-corrected chi connectivity index (χ2v) is 5.30. The van der Waals surface area contributed by atoms with Crippen LogP contribution < -0.4 is 0 Å². The minimum Gasteiger partial charge on any atom is -0.0996 e. The number of aryl methyl sites for hydroxylation is 2. The lowest BCUT2D eigenvalue weighted by molar-refractivity contribution is 0.432. The quantitative estimate of drug-likeness (QED) is 0.648. The van der Waals surface area contributed by atoms with Gasteiger partial charge in [0.05, 0.1) is 0 Å². The molecule has 2 rings (SSSR count). The van der Waals surface area contributed by atoms with E-state index in [2.05, 4.69) is 44.7 Å². The molecule has 1 aromatic carbocycles. The molecule has 0 radical (unpaired) electrons. The van der Waals surface area contributed by atoms with Gasteiger partial charge in [0, 0.05) is 0 Å². The second kappa shape index (κ2) is 4.86. The maximum Gasteiger partial charge on any atom is -0.0177 e. The summed E-state index contributed by atoms with van der Waals surface area (Å²) in [5, 5.41) is 0. The summed E-state index contributed by atoms with van der Waals surface area (Å²) in [6.45, 7) is 8.73. The Kier molecular flexibility index (Phi) is 3.48. The van der Waals surface area contributed by atoms with Crippen LogP contribution in [0.1, 0.15) is 37.3 Å². The van der Waals surface area contributed by atoms with E-state index in [1.807, 2.05) is 0 Å². The summed E-state index contributed by atoms with van der Waals surface area (Å²) in [7, 11) is 0. The molecular weight excluding hydrogens is 192 g/mol. The largest absolute Gasteiger partial charge is 0.0996 e. The van der Waals surface area contributed by atoms with Gasteiger partial charge in [-0.2, -0.15) is 0 Å². The second-order valence-electron chi connectivity index (χ2n) is 5.30. The zero-order valence-electron chi connectivity index (χ0n) is 10.5. The first-order chi connectivity index (χ1) is 7.66. The molecule has 0 heterocycles. The summed E-state index contributed by atoms with van der Waals surface area (Å²) >= 11 is 0. The molecule has 1 unspecified atom stereocenters. The lowest BCUT2D eigenvalue weighted by atomic mass is 9.89. The van der Waals surface area contributed by atoms with E-state index in [1.54, 1.807) is 0 Å². The first kappa shape index (κ1) is 11.4. The monoisotopic (exact) mass is 214 g/mol. The minimum absolute atomic E-state index is 0.765. The Morgan fingerprint density at radius 3 is 2.50 bits per heavy atom. The standard InChI is InChI=1S/C16H22/c1-12-4-8-15(9-5-12)10-11-16-13(2)6-7-14(16)3/h4-5,8-9,14,16H,2,6-7,10-11H2,1,3H3/t14?,16-/m0/s1. The van der Waals surface area contributed by atoms with Gasteiger partial charge in [-0.25, -0.2) is 0 Å². The van der Waals surface area contributed by atoms with Crippen molar-refractivity contribution in [3.8, 4) is 0 Å². The van der Waals surface area contributed by atoms with Crippen LogP contribution in [0.3, 0.4) is 0 Å². The fourth-order valence-electron chi connectivity index (χ4n) is 2.77. The Labute approximate surface area is 99.4 Å². The molecule has 1 aliphatic carbocycles. The van der Waals surface area contributed by atoms with Crippen molar-refractivity contribution in [1.82, 2.24) is 0 Å². The molecule has 0 nitrogen and oxygen atoms in total. The molecule has 0 spiro atoms. The average molecular weight is 214 g/mol. The predicted molar refractivity (Wildman–Crippen MR) is 70.5 cm³/mol.